The number of aromatic nitrogens is 1. The second-order valence-corrected chi connectivity index (χ2v) is 7.23. The van der Waals surface area contributed by atoms with E-state index < -0.39 is 0 Å². The molecule has 0 atom stereocenters. The summed E-state index contributed by atoms with van der Waals surface area (Å²) in [7, 11) is 4.03. The van der Waals surface area contributed by atoms with Gasteiger partial charge in [-0.3, -0.25) is 4.98 Å². The number of hydrogen-bond donors (Lipinski definition) is 1. The van der Waals surface area contributed by atoms with Crippen molar-refractivity contribution in [1.29, 1.82) is 0 Å². The van der Waals surface area contributed by atoms with Gasteiger partial charge >= 0.3 is 6.03 Å². The highest BCUT2D eigenvalue weighted by atomic mass is 16.2. The Kier molecular flexibility index (Phi) is 6.65. The summed E-state index contributed by atoms with van der Waals surface area (Å²) in [6.07, 6.45) is 5.98. The molecule has 2 heterocycles. The van der Waals surface area contributed by atoms with E-state index >= 15 is 0 Å². The molecule has 0 spiro atoms. The Hall–Kier alpha value is -2.60. The Morgan fingerprint density at radius 1 is 1.11 bits per heavy atom. The molecule has 0 bridgehead atoms. The van der Waals surface area contributed by atoms with Gasteiger partial charge in [0.05, 0.1) is 11.4 Å². The Balaban J connectivity index is 1.73. The summed E-state index contributed by atoms with van der Waals surface area (Å²) in [6.45, 7) is 4.10. The molecule has 0 unspecified atom stereocenters. The first-order valence-corrected chi connectivity index (χ1v) is 9.57. The minimum Gasteiger partial charge on any atom is -0.370 e. The quantitative estimate of drug-likeness (QED) is 0.816. The Bertz CT molecular complexity index is 728. The molecule has 1 aromatic carbocycles. The molecule has 1 N–H and O–H groups in total. The fourth-order valence-electron chi connectivity index (χ4n) is 3.29. The van der Waals surface area contributed by atoms with E-state index in [-0.39, 0.29) is 6.03 Å². The first kappa shape index (κ1) is 19.2. The van der Waals surface area contributed by atoms with Crippen LogP contribution in [-0.4, -0.2) is 61.1 Å². The summed E-state index contributed by atoms with van der Waals surface area (Å²) < 4.78 is 0. The molecule has 2 aromatic rings. The summed E-state index contributed by atoms with van der Waals surface area (Å²) in [5, 5.41) is 3.14. The third-order valence-electron chi connectivity index (χ3n) is 4.79. The van der Waals surface area contributed by atoms with Gasteiger partial charge in [0.25, 0.3) is 0 Å². The largest absolute Gasteiger partial charge is 0.370 e. The van der Waals surface area contributed by atoms with Crippen molar-refractivity contribution >= 4 is 17.4 Å². The number of rotatable bonds is 7. The minimum atomic E-state index is -0.0765. The molecule has 0 radical (unpaired) electrons. The van der Waals surface area contributed by atoms with Gasteiger partial charge in [-0.25, -0.2) is 4.79 Å². The molecule has 144 valence electrons. The topological polar surface area (TPSA) is 51.7 Å². The van der Waals surface area contributed by atoms with Crippen LogP contribution >= 0.6 is 0 Å². The van der Waals surface area contributed by atoms with Crippen molar-refractivity contribution in [2.24, 2.45) is 0 Å². The van der Waals surface area contributed by atoms with Crippen LogP contribution in [0.4, 0.5) is 16.2 Å². The van der Waals surface area contributed by atoms with Gasteiger partial charge in [0.15, 0.2) is 0 Å². The Labute approximate surface area is 161 Å². The zero-order chi connectivity index (χ0) is 19.1. The molecule has 0 saturated carbocycles. The molecule has 6 nitrogen and oxygen atoms in total. The number of carbonyl (C=O) groups is 1. The zero-order valence-electron chi connectivity index (χ0n) is 16.3. The lowest BCUT2D eigenvalue weighted by Crippen LogP contribution is -2.39. The van der Waals surface area contributed by atoms with Gasteiger partial charge in [-0.05, 0) is 50.7 Å². The van der Waals surface area contributed by atoms with E-state index in [0.29, 0.717) is 13.1 Å². The first-order chi connectivity index (χ1) is 13.1. The smallest absolute Gasteiger partial charge is 0.322 e. The van der Waals surface area contributed by atoms with Crippen molar-refractivity contribution in [2.45, 2.75) is 19.4 Å². The van der Waals surface area contributed by atoms with E-state index in [0.717, 1.165) is 36.6 Å². The van der Waals surface area contributed by atoms with Crippen LogP contribution in [0.2, 0.25) is 0 Å². The molecule has 1 aliphatic rings. The van der Waals surface area contributed by atoms with Crippen molar-refractivity contribution in [3.05, 3.63) is 54.4 Å². The third kappa shape index (κ3) is 5.44. The molecule has 1 aromatic heterocycles. The predicted octanol–water partition coefficient (Wildman–Crippen LogP) is 3.28. The maximum absolute atomic E-state index is 13.1. The lowest BCUT2D eigenvalue weighted by molar-refractivity contribution is 0.202. The molecule has 27 heavy (non-hydrogen) atoms. The number of pyridine rings is 1. The number of carbonyl (C=O) groups excluding carboxylic acids is 1. The lowest BCUT2D eigenvalue weighted by Gasteiger charge is -2.27. The van der Waals surface area contributed by atoms with Gasteiger partial charge < -0.3 is 20.0 Å². The molecular formula is C21H29N5O. The predicted molar refractivity (Wildman–Crippen MR) is 110 cm³/mol. The van der Waals surface area contributed by atoms with Gasteiger partial charge in [0.2, 0.25) is 0 Å². The van der Waals surface area contributed by atoms with Crippen LogP contribution < -0.4 is 10.2 Å². The number of para-hydroxylation sites is 2. The normalized spacial score (nSPS) is 13.8. The fourth-order valence-corrected chi connectivity index (χ4v) is 3.29. The van der Waals surface area contributed by atoms with Crippen LogP contribution in [0.5, 0.6) is 0 Å². The van der Waals surface area contributed by atoms with E-state index in [4.69, 9.17) is 0 Å². The number of anilines is 2. The number of hydrogen-bond acceptors (Lipinski definition) is 4. The standard InChI is InChI=1S/C21H29N5O/c1-24(2)14-15-26(17-18-8-7-11-22-16-18)21(27)23-19-9-3-4-10-20(19)25-12-5-6-13-25/h3-4,7-11,16H,5-6,12-15,17H2,1-2H3,(H,23,27). The molecule has 3 rings (SSSR count). The second kappa shape index (κ2) is 9.37. The van der Waals surface area contributed by atoms with Crippen LogP contribution in [0.1, 0.15) is 18.4 Å². The van der Waals surface area contributed by atoms with Crippen molar-refractivity contribution in [2.75, 3.05) is 50.5 Å². The second-order valence-electron chi connectivity index (χ2n) is 7.23. The van der Waals surface area contributed by atoms with Crippen LogP contribution in [0, 0.1) is 0 Å². The Morgan fingerprint density at radius 3 is 2.59 bits per heavy atom. The van der Waals surface area contributed by atoms with Crippen molar-refractivity contribution < 1.29 is 4.79 Å². The molecular weight excluding hydrogens is 338 g/mol. The first-order valence-electron chi connectivity index (χ1n) is 9.57. The lowest BCUT2D eigenvalue weighted by atomic mass is 10.2. The summed E-state index contributed by atoms with van der Waals surface area (Å²) in [5.41, 5.74) is 3.02. The van der Waals surface area contributed by atoms with Crippen molar-refractivity contribution in [3.8, 4) is 0 Å². The maximum atomic E-state index is 13.1. The average molecular weight is 367 g/mol. The van der Waals surface area contributed by atoms with Gasteiger partial charge in [0, 0.05) is 45.1 Å². The summed E-state index contributed by atoms with van der Waals surface area (Å²) in [5.74, 6) is 0. The van der Waals surface area contributed by atoms with Gasteiger partial charge in [-0.15, -0.1) is 0 Å². The number of urea groups is 1. The number of amides is 2. The van der Waals surface area contributed by atoms with E-state index in [9.17, 15) is 4.79 Å². The van der Waals surface area contributed by atoms with Crippen LogP contribution in [0.25, 0.3) is 0 Å². The molecule has 0 aliphatic carbocycles. The fraction of sp³-hybridized carbons (Fsp3) is 0.429. The monoisotopic (exact) mass is 367 g/mol. The number of nitrogens with one attached hydrogen (secondary N) is 1. The number of benzene rings is 1. The van der Waals surface area contributed by atoms with E-state index in [1.807, 2.05) is 55.5 Å². The van der Waals surface area contributed by atoms with Crippen molar-refractivity contribution in [3.63, 3.8) is 0 Å². The van der Waals surface area contributed by atoms with Gasteiger partial charge in [-0.1, -0.05) is 18.2 Å². The van der Waals surface area contributed by atoms with Gasteiger partial charge in [-0.2, -0.15) is 0 Å². The zero-order valence-corrected chi connectivity index (χ0v) is 16.3. The SMILES string of the molecule is CN(C)CCN(Cc1cccnc1)C(=O)Nc1ccccc1N1CCCC1. The van der Waals surface area contributed by atoms with E-state index in [1.165, 1.54) is 12.8 Å². The summed E-state index contributed by atoms with van der Waals surface area (Å²) in [4.78, 5) is 23.5. The molecule has 6 heteroatoms. The van der Waals surface area contributed by atoms with Crippen LogP contribution in [0.15, 0.2) is 48.8 Å². The highest BCUT2D eigenvalue weighted by Gasteiger charge is 2.19. The number of nitrogens with zero attached hydrogens (tertiary/aromatic N) is 4. The highest BCUT2D eigenvalue weighted by molar-refractivity contribution is 5.93. The summed E-state index contributed by atoms with van der Waals surface area (Å²) >= 11 is 0. The molecule has 1 aliphatic heterocycles. The van der Waals surface area contributed by atoms with E-state index in [1.54, 1.807) is 6.20 Å². The summed E-state index contributed by atoms with van der Waals surface area (Å²) in [6, 6.07) is 11.9. The molecule has 1 saturated heterocycles. The van der Waals surface area contributed by atoms with Crippen LogP contribution in [0.3, 0.4) is 0 Å². The van der Waals surface area contributed by atoms with Crippen molar-refractivity contribution in [1.82, 2.24) is 14.8 Å². The average Bonchev–Trinajstić information content (AvgIpc) is 3.20. The molecule has 2 amide bonds. The van der Waals surface area contributed by atoms with Gasteiger partial charge in [0.1, 0.15) is 0 Å². The maximum Gasteiger partial charge on any atom is 0.322 e. The van der Waals surface area contributed by atoms with E-state index in [2.05, 4.69) is 26.2 Å². The van der Waals surface area contributed by atoms with Crippen LogP contribution in [-0.2, 0) is 6.54 Å². The Morgan fingerprint density at radius 2 is 1.89 bits per heavy atom. The third-order valence-corrected chi connectivity index (χ3v) is 4.79. The molecule has 1 fully saturated rings. The minimum absolute atomic E-state index is 0.0765. The highest BCUT2D eigenvalue weighted by Crippen LogP contribution is 2.28. The number of likely N-dealkylation sites (N-methyl/N-ethyl adjacent to an activating group) is 1.